The van der Waals surface area contributed by atoms with E-state index in [0.717, 1.165) is 41.1 Å². The van der Waals surface area contributed by atoms with Crippen LogP contribution in [0.2, 0.25) is 5.02 Å². The van der Waals surface area contributed by atoms with Crippen molar-refractivity contribution < 1.29 is 0 Å². The maximum absolute atomic E-state index is 6.25. The second-order valence-corrected chi connectivity index (χ2v) is 6.90. The summed E-state index contributed by atoms with van der Waals surface area (Å²) in [5, 5.41) is 4.41. The smallest absolute Gasteiger partial charge is 0.0526 e. The first-order chi connectivity index (χ1) is 8.39. The van der Waals surface area contributed by atoms with Crippen LogP contribution in [0.4, 0.5) is 5.69 Å². The molecule has 18 heavy (non-hydrogen) atoms. The lowest BCUT2D eigenvalue weighted by Crippen LogP contribution is -2.46. The second kappa shape index (κ2) is 5.40. The number of hydrogen-bond donors (Lipinski definition) is 1. The average molecular weight is 332 g/mol. The van der Waals surface area contributed by atoms with E-state index < -0.39 is 0 Å². The molecule has 0 saturated carbocycles. The zero-order chi connectivity index (χ0) is 13.3. The second-order valence-electron chi connectivity index (χ2n) is 5.64. The van der Waals surface area contributed by atoms with Crippen LogP contribution >= 0.6 is 27.5 Å². The van der Waals surface area contributed by atoms with E-state index in [4.69, 9.17) is 11.6 Å². The summed E-state index contributed by atoms with van der Waals surface area (Å²) in [7, 11) is 0. The molecule has 1 N–H and O–H groups in total. The van der Waals surface area contributed by atoms with Crippen LogP contribution in [0.1, 0.15) is 25.8 Å². The third-order valence-electron chi connectivity index (χ3n) is 3.36. The summed E-state index contributed by atoms with van der Waals surface area (Å²) in [6.07, 6.45) is 1.15. The van der Waals surface area contributed by atoms with Crippen molar-refractivity contribution in [2.45, 2.75) is 32.7 Å². The highest BCUT2D eigenvalue weighted by molar-refractivity contribution is 9.10. The number of aryl methyl sites for hydroxylation is 1. The Bertz CT molecular complexity index is 446. The van der Waals surface area contributed by atoms with Crippen molar-refractivity contribution in [2.75, 3.05) is 24.5 Å². The fraction of sp³-hybridized carbons (Fsp3) is 0.571. The first-order valence-electron chi connectivity index (χ1n) is 6.35. The first kappa shape index (κ1) is 14.2. The molecule has 1 fully saturated rings. The molecule has 2 rings (SSSR count). The van der Waals surface area contributed by atoms with Gasteiger partial charge in [0, 0.05) is 28.1 Å². The van der Waals surface area contributed by atoms with Crippen molar-refractivity contribution in [3.05, 3.63) is 27.2 Å². The molecule has 4 heteroatoms. The zero-order valence-corrected chi connectivity index (χ0v) is 13.5. The highest BCUT2D eigenvalue weighted by Gasteiger charge is 2.25. The van der Waals surface area contributed by atoms with Crippen molar-refractivity contribution in [3.63, 3.8) is 0 Å². The molecule has 2 nitrogen and oxygen atoms in total. The summed E-state index contributed by atoms with van der Waals surface area (Å²) in [5.41, 5.74) is 2.44. The number of benzene rings is 1. The zero-order valence-electron chi connectivity index (χ0n) is 11.2. The normalized spacial score (nSPS) is 19.7. The predicted octanol–water partition coefficient (Wildman–Crippen LogP) is 3.99. The fourth-order valence-corrected chi connectivity index (χ4v) is 3.26. The molecule has 100 valence electrons. The highest BCUT2D eigenvalue weighted by atomic mass is 79.9. The Balaban J connectivity index is 2.32. The van der Waals surface area contributed by atoms with E-state index in [2.05, 4.69) is 52.1 Å². The summed E-state index contributed by atoms with van der Waals surface area (Å²) < 4.78 is 1.13. The van der Waals surface area contributed by atoms with Crippen LogP contribution in [0.15, 0.2) is 16.6 Å². The molecule has 1 aromatic rings. The minimum absolute atomic E-state index is 0.132. The van der Waals surface area contributed by atoms with Gasteiger partial charge in [0.25, 0.3) is 0 Å². The van der Waals surface area contributed by atoms with Crippen molar-refractivity contribution in [3.8, 4) is 0 Å². The van der Waals surface area contributed by atoms with Gasteiger partial charge in [-0.25, -0.2) is 0 Å². The molecule has 1 aromatic carbocycles. The van der Waals surface area contributed by atoms with Gasteiger partial charge in [-0.05, 0) is 67.4 Å². The molecule has 1 saturated heterocycles. The average Bonchev–Trinajstić information content (AvgIpc) is 2.44. The van der Waals surface area contributed by atoms with E-state index in [1.165, 1.54) is 5.69 Å². The van der Waals surface area contributed by atoms with Crippen LogP contribution in [0, 0.1) is 6.92 Å². The molecule has 0 spiro atoms. The molecule has 1 heterocycles. The fourth-order valence-electron chi connectivity index (χ4n) is 2.39. The van der Waals surface area contributed by atoms with Crippen LogP contribution in [0.5, 0.6) is 0 Å². The van der Waals surface area contributed by atoms with E-state index in [-0.39, 0.29) is 5.54 Å². The monoisotopic (exact) mass is 330 g/mol. The summed E-state index contributed by atoms with van der Waals surface area (Å²) in [4.78, 5) is 2.41. The van der Waals surface area contributed by atoms with Gasteiger partial charge in [0.15, 0.2) is 0 Å². The number of hydrogen-bond acceptors (Lipinski definition) is 2. The van der Waals surface area contributed by atoms with Crippen LogP contribution < -0.4 is 10.2 Å². The van der Waals surface area contributed by atoms with Gasteiger partial charge in [0.05, 0.1) is 5.69 Å². The standard InChI is InChI=1S/C14H20BrClN2/c1-10-7-11(15)13(8-12(10)16)18-6-4-5-17-14(2,3)9-18/h7-8,17H,4-6,9H2,1-3H3. The van der Waals surface area contributed by atoms with E-state index in [0.29, 0.717) is 0 Å². The molecule has 0 bridgehead atoms. The SMILES string of the molecule is Cc1cc(Br)c(N2CCCNC(C)(C)C2)cc1Cl. The molecule has 0 radical (unpaired) electrons. The highest BCUT2D eigenvalue weighted by Crippen LogP contribution is 2.33. The van der Waals surface area contributed by atoms with Crippen molar-refractivity contribution >= 4 is 33.2 Å². The van der Waals surface area contributed by atoms with Crippen molar-refractivity contribution in [1.29, 1.82) is 0 Å². The molecular formula is C14H20BrClN2. The number of anilines is 1. The molecule has 1 aliphatic rings. The lowest BCUT2D eigenvalue weighted by molar-refractivity contribution is 0.416. The van der Waals surface area contributed by atoms with Gasteiger partial charge in [0.2, 0.25) is 0 Å². The van der Waals surface area contributed by atoms with E-state index in [9.17, 15) is 0 Å². The Hall–Kier alpha value is -0.250. The summed E-state index contributed by atoms with van der Waals surface area (Å²) in [6, 6.07) is 4.17. The van der Waals surface area contributed by atoms with Gasteiger partial charge in [0.1, 0.15) is 0 Å². The Labute approximate surface area is 123 Å². The molecule has 1 aliphatic heterocycles. The number of nitrogens with zero attached hydrogens (tertiary/aromatic N) is 1. The van der Waals surface area contributed by atoms with Crippen LogP contribution in [-0.2, 0) is 0 Å². The van der Waals surface area contributed by atoms with E-state index >= 15 is 0 Å². The number of halogens is 2. The van der Waals surface area contributed by atoms with Crippen LogP contribution in [0.25, 0.3) is 0 Å². The van der Waals surface area contributed by atoms with E-state index in [1.807, 2.05) is 6.92 Å². The summed E-state index contributed by atoms with van der Waals surface area (Å²) in [6.45, 7) is 9.65. The number of nitrogens with one attached hydrogen (secondary N) is 1. The molecule has 0 unspecified atom stereocenters. The Morgan fingerprint density at radius 2 is 2.11 bits per heavy atom. The minimum atomic E-state index is 0.132. The Morgan fingerprint density at radius 3 is 2.83 bits per heavy atom. The Kier molecular flexibility index (Phi) is 4.25. The van der Waals surface area contributed by atoms with Gasteiger partial charge in [-0.2, -0.15) is 0 Å². The third-order valence-corrected chi connectivity index (χ3v) is 4.41. The lowest BCUT2D eigenvalue weighted by Gasteiger charge is -2.32. The molecule has 0 aromatic heterocycles. The van der Waals surface area contributed by atoms with Gasteiger partial charge in [-0.15, -0.1) is 0 Å². The Morgan fingerprint density at radius 1 is 1.39 bits per heavy atom. The summed E-state index contributed by atoms with van der Waals surface area (Å²) in [5.74, 6) is 0. The lowest BCUT2D eigenvalue weighted by atomic mass is 10.1. The molecule has 0 amide bonds. The summed E-state index contributed by atoms with van der Waals surface area (Å²) >= 11 is 9.91. The maximum Gasteiger partial charge on any atom is 0.0526 e. The van der Waals surface area contributed by atoms with Gasteiger partial charge in [-0.3, -0.25) is 0 Å². The predicted molar refractivity (Wildman–Crippen MR) is 82.8 cm³/mol. The van der Waals surface area contributed by atoms with Crippen molar-refractivity contribution in [1.82, 2.24) is 5.32 Å². The third kappa shape index (κ3) is 3.19. The topological polar surface area (TPSA) is 15.3 Å². The van der Waals surface area contributed by atoms with Crippen molar-refractivity contribution in [2.24, 2.45) is 0 Å². The minimum Gasteiger partial charge on any atom is -0.369 e. The quantitative estimate of drug-likeness (QED) is 0.837. The number of rotatable bonds is 1. The van der Waals surface area contributed by atoms with Gasteiger partial charge < -0.3 is 10.2 Å². The van der Waals surface area contributed by atoms with Gasteiger partial charge in [-0.1, -0.05) is 11.6 Å². The van der Waals surface area contributed by atoms with Crippen LogP contribution in [0.3, 0.4) is 0 Å². The first-order valence-corrected chi connectivity index (χ1v) is 7.52. The van der Waals surface area contributed by atoms with Crippen LogP contribution in [-0.4, -0.2) is 25.2 Å². The maximum atomic E-state index is 6.25. The molecule has 0 aliphatic carbocycles. The molecular weight excluding hydrogens is 312 g/mol. The molecule has 0 atom stereocenters. The largest absolute Gasteiger partial charge is 0.369 e. The van der Waals surface area contributed by atoms with E-state index in [1.54, 1.807) is 0 Å². The van der Waals surface area contributed by atoms with Gasteiger partial charge >= 0.3 is 0 Å².